The number of rotatable bonds is 5. The van der Waals surface area contributed by atoms with E-state index in [0.29, 0.717) is 12.1 Å². The first kappa shape index (κ1) is 15.3. The van der Waals surface area contributed by atoms with Crippen LogP contribution in [0.1, 0.15) is 20.9 Å². The van der Waals surface area contributed by atoms with Gasteiger partial charge in [-0.15, -0.1) is 11.3 Å². The van der Waals surface area contributed by atoms with E-state index in [0.717, 1.165) is 27.7 Å². The van der Waals surface area contributed by atoms with Crippen LogP contribution in [0.25, 0.3) is 10.7 Å². The third-order valence-electron chi connectivity index (χ3n) is 3.34. The van der Waals surface area contributed by atoms with Gasteiger partial charge >= 0.3 is 0 Å². The maximum absolute atomic E-state index is 12.0. The van der Waals surface area contributed by atoms with Crippen molar-refractivity contribution in [2.24, 2.45) is 0 Å². The van der Waals surface area contributed by atoms with Gasteiger partial charge in [0.05, 0.1) is 17.0 Å². The van der Waals surface area contributed by atoms with Gasteiger partial charge in [0, 0.05) is 36.4 Å². The Morgan fingerprint density at radius 2 is 2.13 bits per heavy atom. The normalized spacial score (nSPS) is 10.5. The third kappa shape index (κ3) is 3.78. The summed E-state index contributed by atoms with van der Waals surface area (Å²) in [6, 6.07) is 9.29. The molecule has 0 atom stereocenters. The molecular weight excluding hydrogens is 308 g/mol. The smallest absolute Gasteiger partial charge is 0.252 e. The van der Waals surface area contributed by atoms with Crippen molar-refractivity contribution in [2.45, 2.75) is 13.3 Å². The largest absolute Gasteiger partial charge is 0.352 e. The molecule has 3 heterocycles. The van der Waals surface area contributed by atoms with Crippen molar-refractivity contribution in [2.75, 3.05) is 6.54 Å². The van der Waals surface area contributed by atoms with Gasteiger partial charge in [-0.2, -0.15) is 0 Å². The molecule has 3 aromatic heterocycles. The first-order valence-electron chi connectivity index (χ1n) is 7.30. The highest BCUT2D eigenvalue weighted by Gasteiger charge is 2.11. The zero-order valence-corrected chi connectivity index (χ0v) is 13.5. The van der Waals surface area contributed by atoms with Crippen LogP contribution in [-0.4, -0.2) is 27.4 Å². The van der Waals surface area contributed by atoms with Crippen molar-refractivity contribution >= 4 is 17.2 Å². The van der Waals surface area contributed by atoms with Crippen LogP contribution in [0.3, 0.4) is 0 Å². The summed E-state index contributed by atoms with van der Waals surface area (Å²) in [5.41, 5.74) is 2.44. The molecule has 3 rings (SSSR count). The average molecular weight is 324 g/mol. The molecule has 0 fully saturated rings. The van der Waals surface area contributed by atoms with E-state index in [4.69, 9.17) is 0 Å². The Morgan fingerprint density at radius 3 is 2.87 bits per heavy atom. The van der Waals surface area contributed by atoms with E-state index in [1.165, 1.54) is 0 Å². The van der Waals surface area contributed by atoms with Crippen molar-refractivity contribution in [3.8, 4) is 10.7 Å². The number of amides is 1. The summed E-state index contributed by atoms with van der Waals surface area (Å²) < 4.78 is 0. The van der Waals surface area contributed by atoms with E-state index in [9.17, 15) is 4.79 Å². The number of thiazole rings is 1. The van der Waals surface area contributed by atoms with E-state index in [1.807, 2.05) is 25.1 Å². The number of nitrogens with zero attached hydrogens (tertiary/aromatic N) is 3. The molecule has 0 aliphatic heterocycles. The Morgan fingerprint density at radius 1 is 1.22 bits per heavy atom. The molecule has 1 amide bonds. The minimum atomic E-state index is -0.106. The van der Waals surface area contributed by atoms with Crippen LogP contribution < -0.4 is 5.32 Å². The fourth-order valence-corrected chi connectivity index (χ4v) is 3.19. The number of hydrogen-bond donors (Lipinski definition) is 1. The zero-order valence-electron chi connectivity index (χ0n) is 12.7. The number of aryl methyl sites for hydroxylation is 1. The molecule has 0 saturated carbocycles. The second-order valence-corrected chi connectivity index (χ2v) is 6.07. The Balaban J connectivity index is 1.61. The highest BCUT2D eigenvalue weighted by molar-refractivity contribution is 7.15. The lowest BCUT2D eigenvalue weighted by molar-refractivity contribution is 0.0954. The summed E-state index contributed by atoms with van der Waals surface area (Å²) in [5.74, 6) is -0.106. The van der Waals surface area contributed by atoms with Gasteiger partial charge in [-0.05, 0) is 31.2 Å². The van der Waals surface area contributed by atoms with E-state index in [1.54, 1.807) is 42.1 Å². The van der Waals surface area contributed by atoms with Gasteiger partial charge in [-0.25, -0.2) is 4.98 Å². The monoisotopic (exact) mass is 324 g/mol. The summed E-state index contributed by atoms with van der Waals surface area (Å²) in [6.07, 6.45) is 5.73. The Hall–Kier alpha value is -2.60. The molecule has 116 valence electrons. The first-order chi connectivity index (χ1) is 11.2. The van der Waals surface area contributed by atoms with Crippen LogP contribution in [0.2, 0.25) is 0 Å². The van der Waals surface area contributed by atoms with Crippen LogP contribution in [0.15, 0.2) is 48.9 Å². The number of pyridine rings is 2. The predicted octanol–water partition coefficient (Wildman–Crippen LogP) is 2.88. The van der Waals surface area contributed by atoms with Crippen LogP contribution in [-0.2, 0) is 6.42 Å². The fraction of sp³-hybridized carbons (Fsp3) is 0.176. The Labute approximate surface area is 138 Å². The molecule has 0 spiro atoms. The minimum absolute atomic E-state index is 0.106. The fourth-order valence-electron chi connectivity index (χ4n) is 2.15. The first-order valence-corrected chi connectivity index (χ1v) is 8.11. The predicted molar refractivity (Wildman–Crippen MR) is 90.4 cm³/mol. The van der Waals surface area contributed by atoms with Crippen molar-refractivity contribution in [1.29, 1.82) is 0 Å². The zero-order chi connectivity index (χ0) is 16.1. The Kier molecular flexibility index (Phi) is 4.73. The molecule has 0 aliphatic carbocycles. The quantitative estimate of drug-likeness (QED) is 0.783. The maximum atomic E-state index is 12.0. The maximum Gasteiger partial charge on any atom is 0.252 e. The van der Waals surface area contributed by atoms with Crippen LogP contribution in [0.4, 0.5) is 0 Å². The summed E-state index contributed by atoms with van der Waals surface area (Å²) >= 11 is 1.62. The number of aromatic nitrogens is 3. The van der Waals surface area contributed by atoms with E-state index < -0.39 is 0 Å². The third-order valence-corrected chi connectivity index (χ3v) is 4.58. The average Bonchev–Trinajstić information content (AvgIpc) is 2.97. The van der Waals surface area contributed by atoms with Crippen molar-refractivity contribution in [3.63, 3.8) is 0 Å². The van der Waals surface area contributed by atoms with Crippen LogP contribution in [0, 0.1) is 6.92 Å². The Bertz CT molecular complexity index is 787. The summed E-state index contributed by atoms with van der Waals surface area (Å²) in [6.45, 7) is 2.56. The second kappa shape index (κ2) is 7.11. The molecule has 6 heteroatoms. The summed E-state index contributed by atoms with van der Waals surface area (Å²) in [5, 5.41) is 3.82. The van der Waals surface area contributed by atoms with Crippen molar-refractivity contribution in [1.82, 2.24) is 20.3 Å². The lowest BCUT2D eigenvalue weighted by atomic mass is 10.2. The molecule has 0 aromatic carbocycles. The number of carbonyl (C=O) groups is 1. The molecule has 0 radical (unpaired) electrons. The lowest BCUT2D eigenvalue weighted by Crippen LogP contribution is -2.25. The molecule has 23 heavy (non-hydrogen) atoms. The topological polar surface area (TPSA) is 67.8 Å². The molecule has 0 bridgehead atoms. The van der Waals surface area contributed by atoms with Crippen LogP contribution >= 0.6 is 11.3 Å². The molecule has 0 aliphatic rings. The van der Waals surface area contributed by atoms with Gasteiger partial charge in [-0.3, -0.25) is 14.8 Å². The number of nitrogens with one attached hydrogen (secondary N) is 1. The minimum Gasteiger partial charge on any atom is -0.352 e. The van der Waals surface area contributed by atoms with Gasteiger partial charge in [0.1, 0.15) is 5.01 Å². The molecule has 3 aromatic rings. The van der Waals surface area contributed by atoms with Crippen molar-refractivity contribution < 1.29 is 4.79 Å². The highest BCUT2D eigenvalue weighted by Crippen LogP contribution is 2.26. The summed E-state index contributed by atoms with van der Waals surface area (Å²) in [4.78, 5) is 26.0. The molecule has 5 nitrogen and oxygen atoms in total. The second-order valence-electron chi connectivity index (χ2n) is 4.99. The van der Waals surface area contributed by atoms with E-state index >= 15 is 0 Å². The van der Waals surface area contributed by atoms with E-state index in [-0.39, 0.29) is 5.91 Å². The van der Waals surface area contributed by atoms with Crippen molar-refractivity contribution in [3.05, 3.63) is 65.1 Å². The SMILES string of the molecule is Cc1nc(-c2ccccn2)sc1CCNC(=O)c1cccnc1. The van der Waals surface area contributed by atoms with Gasteiger partial charge in [0.2, 0.25) is 0 Å². The molecule has 1 N–H and O–H groups in total. The number of carbonyl (C=O) groups excluding carboxylic acids is 1. The van der Waals surface area contributed by atoms with Gasteiger partial charge in [-0.1, -0.05) is 6.07 Å². The lowest BCUT2D eigenvalue weighted by Gasteiger charge is -2.03. The molecule has 0 saturated heterocycles. The van der Waals surface area contributed by atoms with Gasteiger partial charge in [0.15, 0.2) is 0 Å². The molecule has 0 unspecified atom stereocenters. The summed E-state index contributed by atoms with van der Waals surface area (Å²) in [7, 11) is 0. The molecular formula is C17H16N4OS. The van der Waals surface area contributed by atoms with Gasteiger partial charge in [0.25, 0.3) is 5.91 Å². The van der Waals surface area contributed by atoms with Gasteiger partial charge < -0.3 is 5.32 Å². The highest BCUT2D eigenvalue weighted by atomic mass is 32.1. The van der Waals surface area contributed by atoms with E-state index in [2.05, 4.69) is 20.3 Å². The standard InChI is InChI=1S/C17H16N4OS/c1-12-15(23-17(21-12)14-6-2-3-9-19-14)7-10-20-16(22)13-5-4-8-18-11-13/h2-6,8-9,11H,7,10H2,1H3,(H,20,22). The van der Waals surface area contributed by atoms with Crippen LogP contribution in [0.5, 0.6) is 0 Å². The number of hydrogen-bond acceptors (Lipinski definition) is 5.